The maximum absolute atomic E-state index is 10.8. The van der Waals surface area contributed by atoms with Gasteiger partial charge in [0, 0.05) is 6.04 Å². The predicted molar refractivity (Wildman–Crippen MR) is 68.4 cm³/mol. The minimum atomic E-state index is -0.996. The summed E-state index contributed by atoms with van der Waals surface area (Å²) in [6, 6.07) is 5.29. The molecule has 0 bridgehead atoms. The molecule has 0 saturated carbocycles. The summed E-state index contributed by atoms with van der Waals surface area (Å²) in [4.78, 5) is 14.8. The molecule has 1 aromatic heterocycles. The zero-order chi connectivity index (χ0) is 12.8. The van der Waals surface area contributed by atoms with Crippen molar-refractivity contribution in [2.24, 2.45) is 5.92 Å². The number of aromatic carboxylic acids is 1. The van der Waals surface area contributed by atoms with Gasteiger partial charge >= 0.3 is 5.97 Å². The van der Waals surface area contributed by atoms with Crippen LogP contribution in [0.5, 0.6) is 0 Å². The van der Waals surface area contributed by atoms with E-state index in [4.69, 9.17) is 5.11 Å². The van der Waals surface area contributed by atoms with Gasteiger partial charge in [0.1, 0.15) is 5.82 Å². The Morgan fingerprint density at radius 2 is 2.06 bits per heavy atom. The molecule has 0 spiro atoms. The molecule has 0 fully saturated rings. The largest absolute Gasteiger partial charge is 0.477 e. The van der Waals surface area contributed by atoms with Crippen molar-refractivity contribution in [3.63, 3.8) is 0 Å². The standard InChI is InChI=1S/C13H20N2O2/c1-4-10(5-2)9(3)14-12-8-6-7-11(15-12)13(16)17/h6-10H,4-5H2,1-3H3,(H,14,15)(H,16,17). The number of nitrogens with one attached hydrogen (secondary N) is 1. The molecule has 0 aliphatic rings. The van der Waals surface area contributed by atoms with Gasteiger partial charge in [0.05, 0.1) is 0 Å². The molecule has 17 heavy (non-hydrogen) atoms. The molecule has 1 aromatic rings. The van der Waals surface area contributed by atoms with Crippen molar-refractivity contribution < 1.29 is 9.90 Å². The van der Waals surface area contributed by atoms with Crippen molar-refractivity contribution in [2.45, 2.75) is 39.7 Å². The van der Waals surface area contributed by atoms with Crippen LogP contribution in [0.4, 0.5) is 5.82 Å². The highest BCUT2D eigenvalue weighted by Gasteiger charge is 2.14. The first-order valence-electron chi connectivity index (χ1n) is 6.05. The molecular weight excluding hydrogens is 216 g/mol. The van der Waals surface area contributed by atoms with Crippen LogP contribution in [0.1, 0.15) is 44.1 Å². The summed E-state index contributed by atoms with van der Waals surface area (Å²) in [6.07, 6.45) is 2.20. The Labute approximate surface area is 102 Å². The summed E-state index contributed by atoms with van der Waals surface area (Å²) in [6.45, 7) is 6.42. The Morgan fingerprint density at radius 3 is 2.59 bits per heavy atom. The lowest BCUT2D eigenvalue weighted by atomic mass is 9.95. The number of carbonyl (C=O) groups is 1. The number of hydrogen-bond acceptors (Lipinski definition) is 3. The molecular formula is C13H20N2O2. The summed E-state index contributed by atoms with van der Waals surface area (Å²) < 4.78 is 0. The van der Waals surface area contributed by atoms with Crippen molar-refractivity contribution >= 4 is 11.8 Å². The van der Waals surface area contributed by atoms with Crippen LogP contribution < -0.4 is 5.32 Å². The number of rotatable bonds is 6. The minimum absolute atomic E-state index is 0.0757. The summed E-state index contributed by atoms with van der Waals surface area (Å²) >= 11 is 0. The van der Waals surface area contributed by atoms with Gasteiger partial charge in [-0.15, -0.1) is 0 Å². The minimum Gasteiger partial charge on any atom is -0.477 e. The van der Waals surface area contributed by atoms with Crippen molar-refractivity contribution in [2.75, 3.05) is 5.32 Å². The van der Waals surface area contributed by atoms with Crippen LogP contribution in [0.15, 0.2) is 18.2 Å². The number of carboxylic acids is 1. The third-order valence-corrected chi connectivity index (χ3v) is 3.10. The highest BCUT2D eigenvalue weighted by Crippen LogP contribution is 2.17. The fourth-order valence-corrected chi connectivity index (χ4v) is 1.98. The van der Waals surface area contributed by atoms with Crippen molar-refractivity contribution in [3.8, 4) is 0 Å². The molecule has 1 unspecified atom stereocenters. The normalized spacial score (nSPS) is 12.5. The molecule has 4 nitrogen and oxygen atoms in total. The Balaban J connectivity index is 2.74. The van der Waals surface area contributed by atoms with Gasteiger partial charge in [-0.2, -0.15) is 0 Å². The van der Waals surface area contributed by atoms with Crippen molar-refractivity contribution in [1.82, 2.24) is 4.98 Å². The van der Waals surface area contributed by atoms with E-state index in [-0.39, 0.29) is 5.69 Å². The lowest BCUT2D eigenvalue weighted by Gasteiger charge is -2.23. The van der Waals surface area contributed by atoms with E-state index < -0.39 is 5.97 Å². The van der Waals surface area contributed by atoms with Crippen LogP contribution in [0, 0.1) is 5.92 Å². The smallest absolute Gasteiger partial charge is 0.354 e. The molecule has 1 rings (SSSR count). The van der Waals surface area contributed by atoms with Gasteiger partial charge in [0.2, 0.25) is 0 Å². The molecule has 94 valence electrons. The van der Waals surface area contributed by atoms with Crippen molar-refractivity contribution in [1.29, 1.82) is 0 Å². The van der Waals surface area contributed by atoms with Gasteiger partial charge in [-0.05, 0) is 25.0 Å². The van der Waals surface area contributed by atoms with E-state index in [0.717, 1.165) is 12.8 Å². The van der Waals surface area contributed by atoms with Gasteiger partial charge in [0.15, 0.2) is 5.69 Å². The van der Waals surface area contributed by atoms with Crippen LogP contribution in [0.25, 0.3) is 0 Å². The van der Waals surface area contributed by atoms with Gasteiger partial charge < -0.3 is 10.4 Å². The highest BCUT2D eigenvalue weighted by molar-refractivity contribution is 5.85. The molecule has 0 radical (unpaired) electrons. The molecule has 4 heteroatoms. The first-order chi connectivity index (χ1) is 8.08. The lowest BCUT2D eigenvalue weighted by Crippen LogP contribution is -2.25. The molecule has 2 N–H and O–H groups in total. The van der Waals surface area contributed by atoms with E-state index in [1.165, 1.54) is 6.07 Å². The zero-order valence-corrected chi connectivity index (χ0v) is 10.6. The van der Waals surface area contributed by atoms with Crippen LogP contribution in [0.3, 0.4) is 0 Å². The van der Waals surface area contributed by atoms with Crippen LogP contribution in [-0.4, -0.2) is 22.1 Å². The number of hydrogen-bond donors (Lipinski definition) is 2. The summed E-state index contributed by atoms with van der Waals surface area (Å²) in [5.41, 5.74) is 0.0757. The number of aromatic nitrogens is 1. The van der Waals surface area contributed by atoms with E-state index in [9.17, 15) is 4.79 Å². The third kappa shape index (κ3) is 3.73. The molecule has 1 heterocycles. The number of carboxylic acid groups (broad SMARTS) is 1. The average Bonchev–Trinajstić information content (AvgIpc) is 2.30. The third-order valence-electron chi connectivity index (χ3n) is 3.10. The molecule has 1 atom stereocenters. The van der Waals surface area contributed by atoms with E-state index >= 15 is 0 Å². The van der Waals surface area contributed by atoms with Gasteiger partial charge in [-0.25, -0.2) is 9.78 Å². The second kappa shape index (κ2) is 6.23. The Kier molecular flexibility index (Phi) is 4.94. The molecule has 0 aliphatic carbocycles. The summed E-state index contributed by atoms with van der Waals surface area (Å²) in [7, 11) is 0. The lowest BCUT2D eigenvalue weighted by molar-refractivity contribution is 0.0690. The fourth-order valence-electron chi connectivity index (χ4n) is 1.98. The second-order valence-corrected chi connectivity index (χ2v) is 4.22. The average molecular weight is 236 g/mol. The summed E-state index contributed by atoms with van der Waals surface area (Å²) in [5, 5.41) is 12.1. The fraction of sp³-hybridized carbons (Fsp3) is 0.538. The Morgan fingerprint density at radius 1 is 1.41 bits per heavy atom. The maximum atomic E-state index is 10.8. The first kappa shape index (κ1) is 13.5. The van der Waals surface area contributed by atoms with Crippen molar-refractivity contribution in [3.05, 3.63) is 23.9 Å². The first-order valence-corrected chi connectivity index (χ1v) is 6.05. The predicted octanol–water partition coefficient (Wildman–Crippen LogP) is 3.02. The van der Waals surface area contributed by atoms with Gasteiger partial charge in [-0.3, -0.25) is 0 Å². The highest BCUT2D eigenvalue weighted by atomic mass is 16.4. The molecule has 0 saturated heterocycles. The van der Waals surface area contributed by atoms with Crippen LogP contribution in [0.2, 0.25) is 0 Å². The van der Waals surface area contributed by atoms with Crippen LogP contribution >= 0.6 is 0 Å². The molecule has 0 amide bonds. The van der Waals surface area contributed by atoms with Crippen LogP contribution in [-0.2, 0) is 0 Å². The Bertz CT molecular complexity index is 375. The second-order valence-electron chi connectivity index (χ2n) is 4.22. The summed E-state index contributed by atoms with van der Waals surface area (Å²) in [5.74, 6) is 0.207. The zero-order valence-electron chi connectivity index (χ0n) is 10.6. The van der Waals surface area contributed by atoms with E-state index in [0.29, 0.717) is 17.8 Å². The van der Waals surface area contributed by atoms with E-state index in [2.05, 4.69) is 31.1 Å². The van der Waals surface area contributed by atoms with Gasteiger partial charge in [-0.1, -0.05) is 32.8 Å². The van der Waals surface area contributed by atoms with E-state index in [1.807, 2.05) is 0 Å². The number of anilines is 1. The Hall–Kier alpha value is -1.58. The quantitative estimate of drug-likeness (QED) is 0.797. The number of pyridine rings is 1. The monoisotopic (exact) mass is 236 g/mol. The van der Waals surface area contributed by atoms with E-state index in [1.54, 1.807) is 12.1 Å². The topological polar surface area (TPSA) is 62.2 Å². The SMILES string of the molecule is CCC(CC)C(C)Nc1cccc(C(=O)O)n1. The molecule has 0 aromatic carbocycles. The van der Waals surface area contributed by atoms with Gasteiger partial charge in [0.25, 0.3) is 0 Å². The molecule has 0 aliphatic heterocycles. The maximum Gasteiger partial charge on any atom is 0.354 e. The number of nitrogens with zero attached hydrogens (tertiary/aromatic N) is 1.